The molecule has 3 heteroatoms. The van der Waals surface area contributed by atoms with Crippen molar-refractivity contribution in [3.8, 4) is 0 Å². The predicted octanol–water partition coefficient (Wildman–Crippen LogP) is 2.43. The first kappa shape index (κ1) is 12.6. The van der Waals surface area contributed by atoms with Crippen LogP contribution in [0.2, 0.25) is 0 Å². The van der Waals surface area contributed by atoms with Gasteiger partial charge in [-0.25, -0.2) is 0 Å². The van der Waals surface area contributed by atoms with E-state index in [4.69, 9.17) is 0 Å². The van der Waals surface area contributed by atoms with Gasteiger partial charge in [0, 0.05) is 4.90 Å². The molecule has 84 valence electrons. The van der Waals surface area contributed by atoms with Gasteiger partial charge in [0.15, 0.2) is 0 Å². The second-order valence-electron chi connectivity index (χ2n) is 4.85. The molecule has 1 aromatic carbocycles. The summed E-state index contributed by atoms with van der Waals surface area (Å²) in [4.78, 5) is 0.696. The highest BCUT2D eigenvalue weighted by atomic mass is 32.1. The summed E-state index contributed by atoms with van der Waals surface area (Å²) in [5, 5.41) is 19.7. The maximum Gasteiger partial charge on any atom is 0.0851 e. The lowest BCUT2D eigenvalue weighted by atomic mass is 9.92. The summed E-state index contributed by atoms with van der Waals surface area (Å²) in [6, 6.07) is 5.40. The molecule has 0 bridgehead atoms. The summed E-state index contributed by atoms with van der Waals surface area (Å²) in [5.41, 5.74) is -0.232. The van der Waals surface area contributed by atoms with Crippen molar-refractivity contribution in [3.05, 3.63) is 29.3 Å². The van der Waals surface area contributed by atoms with Crippen molar-refractivity contribution in [3.63, 3.8) is 0 Å². The number of hydrogen-bond donors (Lipinski definition) is 3. The molecule has 0 heterocycles. The van der Waals surface area contributed by atoms with E-state index in [9.17, 15) is 10.2 Å². The molecule has 1 aromatic rings. The van der Waals surface area contributed by atoms with Gasteiger partial charge < -0.3 is 10.2 Å². The fourth-order valence-corrected chi connectivity index (χ4v) is 1.92. The highest BCUT2D eigenvalue weighted by Crippen LogP contribution is 2.30. The molecular weight excluding hydrogens is 208 g/mol. The monoisotopic (exact) mass is 226 g/mol. The quantitative estimate of drug-likeness (QED) is 0.678. The fourth-order valence-electron chi connectivity index (χ4n) is 1.43. The average Bonchev–Trinajstić information content (AvgIpc) is 1.99. The molecule has 0 radical (unpaired) electrons. The summed E-state index contributed by atoms with van der Waals surface area (Å²) in [7, 11) is 0. The summed E-state index contributed by atoms with van der Waals surface area (Å²) in [6.07, 6.45) is 0. The third-order valence-corrected chi connectivity index (χ3v) is 2.73. The van der Waals surface area contributed by atoms with Crippen molar-refractivity contribution in [2.24, 2.45) is 0 Å². The van der Waals surface area contributed by atoms with E-state index in [1.807, 2.05) is 6.07 Å². The van der Waals surface area contributed by atoms with Gasteiger partial charge in [-0.15, -0.1) is 12.6 Å². The van der Waals surface area contributed by atoms with E-state index in [1.54, 1.807) is 39.8 Å². The molecule has 0 aliphatic carbocycles. The van der Waals surface area contributed by atoms with Crippen LogP contribution in [0.25, 0.3) is 0 Å². The van der Waals surface area contributed by atoms with E-state index < -0.39 is 11.2 Å². The lowest BCUT2D eigenvalue weighted by molar-refractivity contribution is 0.0719. The zero-order valence-corrected chi connectivity index (χ0v) is 10.5. The van der Waals surface area contributed by atoms with Gasteiger partial charge in [0.05, 0.1) is 11.2 Å². The van der Waals surface area contributed by atoms with E-state index >= 15 is 0 Å². The third kappa shape index (κ3) is 2.97. The van der Waals surface area contributed by atoms with Gasteiger partial charge in [-0.3, -0.25) is 0 Å². The minimum Gasteiger partial charge on any atom is -0.386 e. The zero-order valence-electron chi connectivity index (χ0n) is 9.57. The van der Waals surface area contributed by atoms with Crippen molar-refractivity contribution in [1.82, 2.24) is 0 Å². The third-order valence-electron chi connectivity index (χ3n) is 2.36. The van der Waals surface area contributed by atoms with Crippen molar-refractivity contribution in [2.75, 3.05) is 0 Å². The average molecular weight is 226 g/mol. The number of thiol groups is 1. The Kier molecular flexibility index (Phi) is 3.19. The minimum absolute atomic E-state index is 0.696. The van der Waals surface area contributed by atoms with Gasteiger partial charge >= 0.3 is 0 Å². The Morgan fingerprint density at radius 2 is 1.53 bits per heavy atom. The second-order valence-corrected chi connectivity index (χ2v) is 5.33. The molecule has 0 aromatic heterocycles. The van der Waals surface area contributed by atoms with Gasteiger partial charge in [0.1, 0.15) is 0 Å². The van der Waals surface area contributed by atoms with Crippen LogP contribution in [-0.2, 0) is 11.2 Å². The standard InChI is InChI=1S/C12H18O2S/c1-11(2,13)8-5-6-9(10(15)7-8)12(3,4)14/h5-7,13-15H,1-4H3. The van der Waals surface area contributed by atoms with E-state index in [0.717, 1.165) is 11.1 Å². The Balaban J connectivity index is 3.21. The van der Waals surface area contributed by atoms with Crippen LogP contribution in [-0.4, -0.2) is 10.2 Å². The molecule has 0 saturated carbocycles. The smallest absolute Gasteiger partial charge is 0.0851 e. The number of aliphatic hydroxyl groups is 2. The van der Waals surface area contributed by atoms with Gasteiger partial charge in [-0.2, -0.15) is 0 Å². The van der Waals surface area contributed by atoms with Crippen molar-refractivity contribution >= 4 is 12.6 Å². The second kappa shape index (κ2) is 3.81. The molecule has 0 aliphatic rings. The van der Waals surface area contributed by atoms with Crippen LogP contribution in [0.4, 0.5) is 0 Å². The van der Waals surface area contributed by atoms with Crippen LogP contribution in [0.15, 0.2) is 23.1 Å². The summed E-state index contributed by atoms with van der Waals surface area (Å²) >= 11 is 4.32. The lowest BCUT2D eigenvalue weighted by Gasteiger charge is -2.23. The molecule has 1 rings (SSSR count). The van der Waals surface area contributed by atoms with Gasteiger partial charge in [0.25, 0.3) is 0 Å². The van der Waals surface area contributed by atoms with Gasteiger partial charge in [-0.1, -0.05) is 12.1 Å². The molecule has 2 N–H and O–H groups in total. The SMILES string of the molecule is CC(C)(O)c1ccc(C(C)(C)O)c(S)c1. The molecule has 0 fully saturated rings. The first-order chi connectivity index (χ1) is 6.62. The van der Waals surface area contributed by atoms with Crippen LogP contribution < -0.4 is 0 Å². The number of benzene rings is 1. The lowest BCUT2D eigenvalue weighted by Crippen LogP contribution is -2.19. The summed E-state index contributed by atoms with van der Waals surface area (Å²) < 4.78 is 0. The largest absolute Gasteiger partial charge is 0.386 e. The highest BCUT2D eigenvalue weighted by Gasteiger charge is 2.22. The molecule has 0 spiro atoms. The molecular formula is C12H18O2S. The van der Waals surface area contributed by atoms with Crippen LogP contribution in [0, 0.1) is 0 Å². The molecule has 0 unspecified atom stereocenters. The van der Waals surface area contributed by atoms with E-state index in [2.05, 4.69) is 12.6 Å². The minimum atomic E-state index is -0.908. The molecule has 0 amide bonds. The maximum atomic E-state index is 9.85. The van der Waals surface area contributed by atoms with Crippen LogP contribution >= 0.6 is 12.6 Å². The topological polar surface area (TPSA) is 40.5 Å². The van der Waals surface area contributed by atoms with Crippen molar-refractivity contribution < 1.29 is 10.2 Å². The molecule has 0 aliphatic heterocycles. The van der Waals surface area contributed by atoms with Crippen LogP contribution in [0.1, 0.15) is 38.8 Å². The predicted molar refractivity (Wildman–Crippen MR) is 64.2 cm³/mol. The van der Waals surface area contributed by atoms with Crippen molar-refractivity contribution in [1.29, 1.82) is 0 Å². The summed E-state index contributed by atoms with van der Waals surface area (Å²) in [6.45, 7) is 6.87. The van der Waals surface area contributed by atoms with Crippen LogP contribution in [0.5, 0.6) is 0 Å². The Hall–Kier alpha value is -0.510. The van der Waals surface area contributed by atoms with Crippen molar-refractivity contribution in [2.45, 2.75) is 43.8 Å². The van der Waals surface area contributed by atoms with E-state index in [1.165, 1.54) is 0 Å². The van der Waals surface area contributed by atoms with E-state index in [-0.39, 0.29) is 0 Å². The fraction of sp³-hybridized carbons (Fsp3) is 0.500. The zero-order chi connectivity index (χ0) is 11.9. The Bertz CT molecular complexity index is 359. The molecule has 2 nitrogen and oxygen atoms in total. The highest BCUT2D eigenvalue weighted by molar-refractivity contribution is 7.80. The first-order valence-electron chi connectivity index (χ1n) is 4.91. The normalized spacial score (nSPS) is 13.0. The van der Waals surface area contributed by atoms with Gasteiger partial charge in [0.2, 0.25) is 0 Å². The molecule has 15 heavy (non-hydrogen) atoms. The molecule has 0 saturated heterocycles. The summed E-state index contributed by atoms with van der Waals surface area (Å²) in [5.74, 6) is 0. The maximum absolute atomic E-state index is 9.85. The molecule has 0 atom stereocenters. The van der Waals surface area contributed by atoms with Crippen LogP contribution in [0.3, 0.4) is 0 Å². The number of hydrogen-bond acceptors (Lipinski definition) is 3. The Labute approximate surface area is 96.4 Å². The number of rotatable bonds is 2. The Morgan fingerprint density at radius 3 is 1.87 bits per heavy atom. The van der Waals surface area contributed by atoms with E-state index in [0.29, 0.717) is 4.90 Å². The van der Waals surface area contributed by atoms with Gasteiger partial charge in [-0.05, 0) is 44.9 Å². The Morgan fingerprint density at radius 1 is 1.00 bits per heavy atom. The first-order valence-corrected chi connectivity index (χ1v) is 5.36.